The number of fused-ring (bicyclic) bond motifs is 5. The monoisotopic (exact) mass is 451 g/mol. The Labute approximate surface area is 196 Å². The van der Waals surface area contributed by atoms with E-state index in [0.29, 0.717) is 16.7 Å². The summed E-state index contributed by atoms with van der Waals surface area (Å²) in [4.78, 5) is 43.7. The van der Waals surface area contributed by atoms with E-state index in [9.17, 15) is 18.8 Å². The van der Waals surface area contributed by atoms with Crippen molar-refractivity contribution in [3.8, 4) is 0 Å². The lowest BCUT2D eigenvalue weighted by Crippen LogP contribution is -2.48. The minimum Gasteiger partial charge on any atom is -0.352 e. The first-order valence-electron chi connectivity index (χ1n) is 11.4. The molecular formula is C29H22FNO3. The third kappa shape index (κ3) is 2.50. The number of carbonyl (C=O) groups is 3. The predicted molar refractivity (Wildman–Crippen MR) is 128 cm³/mol. The first kappa shape index (κ1) is 20.7. The van der Waals surface area contributed by atoms with Crippen molar-refractivity contribution in [3.05, 3.63) is 106 Å². The quantitative estimate of drug-likeness (QED) is 0.506. The van der Waals surface area contributed by atoms with Gasteiger partial charge in [0.05, 0.1) is 12.1 Å². The number of halogens is 1. The van der Waals surface area contributed by atoms with Crippen LogP contribution in [0.1, 0.15) is 50.2 Å². The SMILES string of the molecule is CC(=O)[C@H]1[C@H](c2ccc(F)cc2)C2(C(=O)c3ccccc3C2=O)[C@@H]2C=Cc3ccc(C)cc3N21. The third-order valence-electron chi connectivity index (χ3n) is 7.61. The number of carbonyl (C=O) groups excluding carboxylic acids is 3. The van der Waals surface area contributed by atoms with Crippen LogP contribution in [0.5, 0.6) is 0 Å². The first-order chi connectivity index (χ1) is 16.4. The maximum Gasteiger partial charge on any atom is 0.180 e. The molecule has 3 aromatic rings. The van der Waals surface area contributed by atoms with Gasteiger partial charge in [0.15, 0.2) is 17.3 Å². The number of benzene rings is 3. The summed E-state index contributed by atoms with van der Waals surface area (Å²) in [6.45, 7) is 3.48. The van der Waals surface area contributed by atoms with E-state index in [1.807, 2.05) is 42.2 Å². The van der Waals surface area contributed by atoms with Crippen LogP contribution in [0.3, 0.4) is 0 Å². The molecular weight excluding hydrogens is 429 g/mol. The van der Waals surface area contributed by atoms with Crippen LogP contribution < -0.4 is 4.90 Å². The van der Waals surface area contributed by atoms with Crippen molar-refractivity contribution in [1.82, 2.24) is 0 Å². The molecule has 0 radical (unpaired) electrons. The molecule has 0 N–H and O–H groups in total. The average molecular weight is 451 g/mol. The summed E-state index contributed by atoms with van der Waals surface area (Å²) in [6, 6.07) is 17.3. The molecule has 34 heavy (non-hydrogen) atoms. The number of rotatable bonds is 2. The molecule has 1 aliphatic carbocycles. The summed E-state index contributed by atoms with van der Waals surface area (Å²) < 4.78 is 13.9. The Morgan fingerprint density at radius 1 is 0.941 bits per heavy atom. The molecule has 0 bridgehead atoms. The lowest BCUT2D eigenvalue weighted by molar-refractivity contribution is -0.118. The Morgan fingerprint density at radius 2 is 1.59 bits per heavy atom. The molecule has 0 saturated carbocycles. The molecule has 2 heterocycles. The smallest absolute Gasteiger partial charge is 0.180 e. The Balaban J connectivity index is 1.69. The van der Waals surface area contributed by atoms with Gasteiger partial charge in [0.2, 0.25) is 0 Å². The minimum absolute atomic E-state index is 0.143. The van der Waals surface area contributed by atoms with E-state index in [0.717, 1.165) is 16.8 Å². The van der Waals surface area contributed by atoms with Gasteiger partial charge >= 0.3 is 0 Å². The second kappa shape index (κ2) is 7.07. The summed E-state index contributed by atoms with van der Waals surface area (Å²) in [5.74, 6) is -1.88. The summed E-state index contributed by atoms with van der Waals surface area (Å²) in [5, 5.41) is 0. The van der Waals surface area contributed by atoms with Crippen molar-refractivity contribution < 1.29 is 18.8 Å². The summed E-state index contributed by atoms with van der Waals surface area (Å²) in [7, 11) is 0. The van der Waals surface area contributed by atoms with Crippen LogP contribution in [-0.2, 0) is 4.79 Å². The van der Waals surface area contributed by atoms with E-state index in [1.165, 1.54) is 19.1 Å². The fraction of sp³-hybridized carbons (Fsp3) is 0.207. The highest BCUT2D eigenvalue weighted by Crippen LogP contribution is 2.60. The van der Waals surface area contributed by atoms with Crippen molar-refractivity contribution >= 4 is 29.1 Å². The zero-order valence-corrected chi connectivity index (χ0v) is 18.8. The highest BCUT2D eigenvalue weighted by Gasteiger charge is 2.71. The van der Waals surface area contributed by atoms with Gasteiger partial charge in [-0.1, -0.05) is 60.7 Å². The fourth-order valence-corrected chi connectivity index (χ4v) is 6.27. The molecule has 4 nitrogen and oxygen atoms in total. The van der Waals surface area contributed by atoms with Gasteiger partial charge in [-0.3, -0.25) is 14.4 Å². The lowest BCUT2D eigenvalue weighted by atomic mass is 9.64. The van der Waals surface area contributed by atoms with E-state index in [4.69, 9.17) is 0 Å². The Hall–Kier alpha value is -3.86. The minimum atomic E-state index is -1.52. The van der Waals surface area contributed by atoms with E-state index in [1.54, 1.807) is 36.4 Å². The second-order valence-electron chi connectivity index (χ2n) is 9.43. The predicted octanol–water partition coefficient (Wildman–Crippen LogP) is 5.16. The molecule has 0 unspecified atom stereocenters. The van der Waals surface area contributed by atoms with Crippen LogP contribution in [0, 0.1) is 18.2 Å². The molecule has 0 aromatic heterocycles. The molecule has 5 heteroatoms. The molecule has 168 valence electrons. The Morgan fingerprint density at radius 3 is 2.21 bits per heavy atom. The second-order valence-corrected chi connectivity index (χ2v) is 9.43. The molecule has 3 aromatic carbocycles. The van der Waals surface area contributed by atoms with Crippen LogP contribution in [0.15, 0.2) is 72.8 Å². The third-order valence-corrected chi connectivity index (χ3v) is 7.61. The molecule has 1 spiro atoms. The van der Waals surface area contributed by atoms with Gasteiger partial charge in [0.1, 0.15) is 11.2 Å². The highest BCUT2D eigenvalue weighted by atomic mass is 19.1. The lowest BCUT2D eigenvalue weighted by Gasteiger charge is -2.37. The maximum absolute atomic E-state index is 14.2. The van der Waals surface area contributed by atoms with Crippen LogP contribution in [-0.4, -0.2) is 29.4 Å². The maximum atomic E-state index is 14.2. The fourth-order valence-electron chi connectivity index (χ4n) is 6.27. The number of nitrogens with zero attached hydrogens (tertiary/aromatic N) is 1. The Kier molecular flexibility index (Phi) is 4.31. The van der Waals surface area contributed by atoms with Crippen molar-refractivity contribution in [3.63, 3.8) is 0 Å². The van der Waals surface area contributed by atoms with Crippen molar-refractivity contribution in [2.75, 3.05) is 4.90 Å². The van der Waals surface area contributed by atoms with E-state index < -0.39 is 29.2 Å². The van der Waals surface area contributed by atoms with Crippen molar-refractivity contribution in [1.29, 1.82) is 0 Å². The van der Waals surface area contributed by atoms with E-state index in [-0.39, 0.29) is 17.3 Å². The van der Waals surface area contributed by atoms with Crippen molar-refractivity contribution in [2.24, 2.45) is 5.41 Å². The molecule has 1 fully saturated rings. The number of hydrogen-bond donors (Lipinski definition) is 0. The van der Waals surface area contributed by atoms with Gasteiger partial charge < -0.3 is 4.90 Å². The standard InChI is InChI=1S/C29H22FNO3/c1-16-7-8-18-11-14-24-29(27(33)21-5-3-4-6-22(21)28(29)34)25(19-9-12-20(30)13-10-19)26(17(2)32)31(24)23(18)15-16/h3-15,24-26H,1-2H3/t24-,25-,26-/m0/s1. The van der Waals surface area contributed by atoms with Gasteiger partial charge in [-0.25, -0.2) is 4.39 Å². The molecule has 0 amide bonds. The van der Waals surface area contributed by atoms with Gasteiger partial charge in [-0.2, -0.15) is 0 Å². The number of Topliss-reactive ketones (excluding diaryl/α,β-unsaturated/α-hetero) is 3. The van der Waals surface area contributed by atoms with Crippen LogP contribution >= 0.6 is 0 Å². The number of hydrogen-bond acceptors (Lipinski definition) is 4. The summed E-state index contributed by atoms with van der Waals surface area (Å²) in [6.07, 6.45) is 3.82. The van der Waals surface area contributed by atoms with Gasteiger partial charge in [0.25, 0.3) is 0 Å². The largest absolute Gasteiger partial charge is 0.352 e. The summed E-state index contributed by atoms with van der Waals surface area (Å²) in [5.41, 5.74) is 2.62. The zero-order valence-electron chi connectivity index (χ0n) is 18.8. The number of ketones is 3. The molecule has 2 aliphatic heterocycles. The normalized spacial score (nSPS) is 23.7. The number of anilines is 1. The first-order valence-corrected chi connectivity index (χ1v) is 11.4. The van der Waals surface area contributed by atoms with E-state index >= 15 is 0 Å². The topological polar surface area (TPSA) is 54.5 Å². The van der Waals surface area contributed by atoms with Gasteiger partial charge in [-0.15, -0.1) is 0 Å². The summed E-state index contributed by atoms with van der Waals surface area (Å²) >= 11 is 0. The number of aryl methyl sites for hydroxylation is 1. The van der Waals surface area contributed by atoms with Gasteiger partial charge in [-0.05, 0) is 48.7 Å². The van der Waals surface area contributed by atoms with Crippen LogP contribution in [0.25, 0.3) is 6.08 Å². The molecule has 1 saturated heterocycles. The Bertz CT molecular complexity index is 1390. The van der Waals surface area contributed by atoms with Crippen LogP contribution in [0.4, 0.5) is 10.1 Å². The van der Waals surface area contributed by atoms with Gasteiger partial charge in [0, 0.05) is 22.7 Å². The molecule has 6 rings (SSSR count). The molecule has 3 atom stereocenters. The van der Waals surface area contributed by atoms with Crippen molar-refractivity contribution in [2.45, 2.75) is 31.8 Å². The highest BCUT2D eigenvalue weighted by molar-refractivity contribution is 6.32. The molecule has 3 aliphatic rings. The zero-order chi connectivity index (χ0) is 23.8. The van der Waals surface area contributed by atoms with Crippen LogP contribution in [0.2, 0.25) is 0 Å². The average Bonchev–Trinajstić information content (AvgIpc) is 3.27. The van der Waals surface area contributed by atoms with E-state index in [2.05, 4.69) is 0 Å².